The topological polar surface area (TPSA) is 64.8 Å². The Morgan fingerprint density at radius 2 is 1.82 bits per heavy atom. The monoisotopic (exact) mass is 380 g/mol. The molecule has 3 aromatic rings. The van der Waals surface area contributed by atoms with Crippen LogP contribution in [-0.2, 0) is 13.2 Å². The van der Waals surface area contributed by atoms with Gasteiger partial charge in [-0.25, -0.2) is 0 Å². The summed E-state index contributed by atoms with van der Waals surface area (Å²) in [5.74, 6) is 1.69. The molecule has 0 radical (unpaired) electrons. The van der Waals surface area contributed by atoms with Crippen LogP contribution in [0.1, 0.15) is 32.9 Å². The SMILES string of the molecule is COc1cc(CN(C)C(=O)c2c(C)noc2C)ccc1OCc1ccccc1. The van der Waals surface area contributed by atoms with Crippen molar-refractivity contribution in [3.8, 4) is 11.5 Å². The molecule has 0 aliphatic heterocycles. The predicted octanol–water partition coefficient (Wildman–Crippen LogP) is 4.15. The summed E-state index contributed by atoms with van der Waals surface area (Å²) >= 11 is 0. The Morgan fingerprint density at radius 1 is 1.07 bits per heavy atom. The number of aryl methyl sites for hydroxylation is 2. The standard InChI is InChI=1S/C22H24N2O4/c1-15-21(16(2)28-23-15)22(25)24(3)13-18-10-11-19(20(12-18)26-4)27-14-17-8-6-5-7-9-17/h5-12H,13-14H2,1-4H3. The Hall–Kier alpha value is -3.28. The second-order valence-electron chi connectivity index (χ2n) is 6.62. The zero-order valence-corrected chi connectivity index (χ0v) is 16.6. The van der Waals surface area contributed by atoms with Crippen molar-refractivity contribution in [3.63, 3.8) is 0 Å². The number of amides is 1. The van der Waals surface area contributed by atoms with Crippen molar-refractivity contribution < 1.29 is 18.8 Å². The molecule has 1 amide bonds. The van der Waals surface area contributed by atoms with Gasteiger partial charge >= 0.3 is 0 Å². The second kappa shape index (κ2) is 8.61. The molecule has 28 heavy (non-hydrogen) atoms. The Bertz CT molecular complexity index is 931. The minimum absolute atomic E-state index is 0.125. The second-order valence-corrected chi connectivity index (χ2v) is 6.62. The summed E-state index contributed by atoms with van der Waals surface area (Å²) in [6.07, 6.45) is 0. The molecule has 1 aromatic heterocycles. The summed E-state index contributed by atoms with van der Waals surface area (Å²) < 4.78 is 16.5. The summed E-state index contributed by atoms with van der Waals surface area (Å²) in [4.78, 5) is 14.3. The minimum atomic E-state index is -0.125. The van der Waals surface area contributed by atoms with Crippen molar-refractivity contribution in [3.05, 3.63) is 76.7 Å². The van der Waals surface area contributed by atoms with Crippen LogP contribution in [0.2, 0.25) is 0 Å². The van der Waals surface area contributed by atoms with Crippen LogP contribution in [0, 0.1) is 13.8 Å². The molecule has 0 saturated heterocycles. The van der Waals surface area contributed by atoms with E-state index in [1.54, 1.807) is 32.9 Å². The lowest BCUT2D eigenvalue weighted by molar-refractivity contribution is 0.0782. The Labute approximate surface area is 164 Å². The fraction of sp³-hybridized carbons (Fsp3) is 0.273. The summed E-state index contributed by atoms with van der Waals surface area (Å²) in [5, 5.41) is 3.85. The van der Waals surface area contributed by atoms with Gasteiger partial charge in [-0.2, -0.15) is 0 Å². The summed E-state index contributed by atoms with van der Waals surface area (Å²) in [6, 6.07) is 15.6. The highest BCUT2D eigenvalue weighted by atomic mass is 16.5. The highest BCUT2D eigenvalue weighted by Crippen LogP contribution is 2.29. The Kier molecular flexibility index (Phi) is 5.99. The molecule has 0 fully saturated rings. The maximum Gasteiger partial charge on any atom is 0.259 e. The normalized spacial score (nSPS) is 10.6. The van der Waals surface area contributed by atoms with Gasteiger partial charge in [0.2, 0.25) is 0 Å². The first-order chi connectivity index (χ1) is 13.5. The number of nitrogens with zero attached hydrogens (tertiary/aromatic N) is 2. The van der Waals surface area contributed by atoms with Gasteiger partial charge in [0.1, 0.15) is 17.9 Å². The van der Waals surface area contributed by atoms with Crippen molar-refractivity contribution in [2.45, 2.75) is 27.0 Å². The molecule has 2 aromatic carbocycles. The van der Waals surface area contributed by atoms with E-state index < -0.39 is 0 Å². The quantitative estimate of drug-likeness (QED) is 0.616. The van der Waals surface area contributed by atoms with E-state index in [-0.39, 0.29) is 5.91 Å². The van der Waals surface area contributed by atoms with E-state index in [2.05, 4.69) is 5.16 Å². The molecule has 3 rings (SSSR count). The Morgan fingerprint density at radius 3 is 2.46 bits per heavy atom. The van der Waals surface area contributed by atoms with Crippen molar-refractivity contribution in [1.29, 1.82) is 0 Å². The van der Waals surface area contributed by atoms with Gasteiger partial charge in [-0.3, -0.25) is 4.79 Å². The molecular formula is C22H24N2O4. The number of rotatable bonds is 7. The van der Waals surface area contributed by atoms with Crippen LogP contribution >= 0.6 is 0 Å². The van der Waals surface area contributed by atoms with Crippen LogP contribution in [0.5, 0.6) is 11.5 Å². The fourth-order valence-electron chi connectivity index (χ4n) is 2.99. The van der Waals surface area contributed by atoms with Crippen LogP contribution in [0.3, 0.4) is 0 Å². The van der Waals surface area contributed by atoms with Gasteiger partial charge in [-0.05, 0) is 37.1 Å². The first-order valence-corrected chi connectivity index (χ1v) is 9.01. The third-order valence-corrected chi connectivity index (χ3v) is 4.48. The first-order valence-electron chi connectivity index (χ1n) is 9.01. The van der Waals surface area contributed by atoms with Crippen LogP contribution in [0.4, 0.5) is 0 Å². The highest BCUT2D eigenvalue weighted by molar-refractivity contribution is 5.95. The van der Waals surface area contributed by atoms with E-state index in [4.69, 9.17) is 14.0 Å². The van der Waals surface area contributed by atoms with Gasteiger partial charge in [0, 0.05) is 13.6 Å². The number of carbonyl (C=O) groups is 1. The fourth-order valence-corrected chi connectivity index (χ4v) is 2.99. The number of hydrogen-bond acceptors (Lipinski definition) is 5. The average Bonchev–Trinajstić information content (AvgIpc) is 3.05. The number of methoxy groups -OCH3 is 1. The molecule has 6 heteroatoms. The third-order valence-electron chi connectivity index (χ3n) is 4.48. The maximum atomic E-state index is 12.7. The van der Waals surface area contributed by atoms with Gasteiger partial charge in [0.25, 0.3) is 5.91 Å². The smallest absolute Gasteiger partial charge is 0.259 e. The number of carbonyl (C=O) groups excluding carboxylic acids is 1. The van der Waals surface area contributed by atoms with E-state index in [1.165, 1.54) is 0 Å². The highest BCUT2D eigenvalue weighted by Gasteiger charge is 2.21. The molecule has 0 bridgehead atoms. The van der Waals surface area contributed by atoms with E-state index in [1.807, 2.05) is 48.5 Å². The van der Waals surface area contributed by atoms with Crippen molar-refractivity contribution in [2.24, 2.45) is 0 Å². The lowest BCUT2D eigenvalue weighted by Gasteiger charge is -2.18. The van der Waals surface area contributed by atoms with Crippen molar-refractivity contribution >= 4 is 5.91 Å². The molecule has 1 heterocycles. The predicted molar refractivity (Wildman–Crippen MR) is 106 cm³/mol. The van der Waals surface area contributed by atoms with Crippen molar-refractivity contribution in [2.75, 3.05) is 14.2 Å². The van der Waals surface area contributed by atoms with Gasteiger partial charge in [0.05, 0.1) is 12.8 Å². The van der Waals surface area contributed by atoms with Crippen LogP contribution in [0.25, 0.3) is 0 Å². The molecule has 0 saturated carbocycles. The van der Waals surface area contributed by atoms with Gasteiger partial charge in [0.15, 0.2) is 11.5 Å². The van der Waals surface area contributed by atoms with E-state index in [0.717, 1.165) is 11.1 Å². The number of hydrogen-bond donors (Lipinski definition) is 0. The number of aromatic nitrogens is 1. The molecular weight excluding hydrogens is 356 g/mol. The number of benzene rings is 2. The first kappa shape index (κ1) is 19.5. The maximum absolute atomic E-state index is 12.7. The van der Waals surface area contributed by atoms with E-state index in [0.29, 0.717) is 41.7 Å². The molecule has 0 unspecified atom stereocenters. The molecule has 6 nitrogen and oxygen atoms in total. The summed E-state index contributed by atoms with van der Waals surface area (Å²) in [7, 11) is 3.35. The largest absolute Gasteiger partial charge is 0.493 e. The van der Waals surface area contributed by atoms with Gasteiger partial charge in [-0.1, -0.05) is 41.6 Å². The van der Waals surface area contributed by atoms with Crippen LogP contribution < -0.4 is 9.47 Å². The van der Waals surface area contributed by atoms with Crippen LogP contribution in [-0.4, -0.2) is 30.1 Å². The van der Waals surface area contributed by atoms with Gasteiger partial charge in [-0.15, -0.1) is 0 Å². The van der Waals surface area contributed by atoms with E-state index >= 15 is 0 Å². The van der Waals surface area contributed by atoms with Crippen LogP contribution in [0.15, 0.2) is 53.1 Å². The molecule has 0 aliphatic rings. The zero-order chi connectivity index (χ0) is 20.1. The molecule has 0 aliphatic carbocycles. The minimum Gasteiger partial charge on any atom is -0.493 e. The third kappa shape index (κ3) is 4.34. The number of ether oxygens (including phenoxy) is 2. The molecule has 0 N–H and O–H groups in total. The zero-order valence-electron chi connectivity index (χ0n) is 16.6. The lowest BCUT2D eigenvalue weighted by Crippen LogP contribution is -2.27. The average molecular weight is 380 g/mol. The molecule has 0 atom stereocenters. The van der Waals surface area contributed by atoms with Crippen molar-refractivity contribution in [1.82, 2.24) is 10.1 Å². The van der Waals surface area contributed by atoms with Gasteiger partial charge < -0.3 is 18.9 Å². The lowest BCUT2D eigenvalue weighted by atomic mass is 10.1. The summed E-state index contributed by atoms with van der Waals surface area (Å²) in [5.41, 5.74) is 3.12. The van der Waals surface area contributed by atoms with E-state index in [9.17, 15) is 4.79 Å². The Balaban J connectivity index is 1.70. The molecule has 0 spiro atoms. The summed E-state index contributed by atoms with van der Waals surface area (Å²) in [6.45, 7) is 4.39. The molecule has 146 valence electrons.